The van der Waals surface area contributed by atoms with Crippen LogP contribution in [0.4, 0.5) is 11.4 Å². The van der Waals surface area contributed by atoms with E-state index in [4.69, 9.17) is 9.47 Å². The van der Waals surface area contributed by atoms with Crippen molar-refractivity contribution in [1.29, 1.82) is 5.26 Å². The zero-order valence-electron chi connectivity index (χ0n) is 13.7. The van der Waals surface area contributed by atoms with Gasteiger partial charge in [-0.1, -0.05) is 18.2 Å². The van der Waals surface area contributed by atoms with Gasteiger partial charge in [0.2, 0.25) is 6.79 Å². The quantitative estimate of drug-likeness (QED) is 0.391. The van der Waals surface area contributed by atoms with Crippen molar-refractivity contribution in [3.63, 3.8) is 0 Å². The number of para-hydroxylation sites is 1. The van der Waals surface area contributed by atoms with Crippen LogP contribution in [0, 0.1) is 28.4 Å². The minimum absolute atomic E-state index is 0.0431. The Bertz CT molecular complexity index is 975. The lowest BCUT2D eigenvalue weighted by Gasteiger charge is -2.07. The van der Waals surface area contributed by atoms with E-state index in [0.717, 1.165) is 11.6 Å². The third-order valence-electron chi connectivity index (χ3n) is 3.78. The highest BCUT2D eigenvalue weighted by Gasteiger charge is 2.23. The van der Waals surface area contributed by atoms with Gasteiger partial charge in [0, 0.05) is 5.69 Å². The van der Waals surface area contributed by atoms with Crippen molar-refractivity contribution in [2.75, 3.05) is 12.1 Å². The highest BCUT2D eigenvalue weighted by atomic mass is 16.7. The first-order valence-corrected chi connectivity index (χ1v) is 7.56. The van der Waals surface area contributed by atoms with Gasteiger partial charge in [-0.3, -0.25) is 14.9 Å². The van der Waals surface area contributed by atoms with Crippen molar-refractivity contribution < 1.29 is 19.2 Å². The summed E-state index contributed by atoms with van der Waals surface area (Å²) in [5.41, 5.74) is 0.905. The standard InChI is InChI=1S/C18H13N3O5/c1-11-4-2-3-5-14(11)20-18(22)13(9-19)6-12-7-16-17(26-10-25-16)8-15(12)21(23)24/h2-8H,10H2,1H3,(H,20,22). The Balaban J connectivity index is 1.97. The second-order valence-corrected chi connectivity index (χ2v) is 5.46. The molecule has 1 N–H and O–H groups in total. The number of rotatable bonds is 4. The Hall–Kier alpha value is -3.86. The molecule has 1 aliphatic rings. The molecule has 0 saturated heterocycles. The molecular weight excluding hydrogens is 338 g/mol. The van der Waals surface area contributed by atoms with E-state index in [1.807, 2.05) is 19.1 Å². The molecule has 0 aromatic heterocycles. The van der Waals surface area contributed by atoms with Gasteiger partial charge >= 0.3 is 0 Å². The molecule has 0 spiro atoms. The average molecular weight is 351 g/mol. The third kappa shape index (κ3) is 3.32. The Morgan fingerprint density at radius 1 is 1.31 bits per heavy atom. The van der Waals surface area contributed by atoms with Crippen LogP contribution >= 0.6 is 0 Å². The molecule has 2 aromatic rings. The van der Waals surface area contributed by atoms with Gasteiger partial charge < -0.3 is 14.8 Å². The van der Waals surface area contributed by atoms with Crippen LogP contribution in [0.3, 0.4) is 0 Å². The molecule has 8 heteroatoms. The minimum atomic E-state index is -0.659. The minimum Gasteiger partial charge on any atom is -0.454 e. The molecule has 1 aliphatic heterocycles. The number of benzene rings is 2. The number of ether oxygens (including phenoxy) is 2. The zero-order chi connectivity index (χ0) is 18.7. The fourth-order valence-electron chi connectivity index (χ4n) is 2.43. The number of anilines is 1. The van der Waals surface area contributed by atoms with E-state index >= 15 is 0 Å². The zero-order valence-corrected chi connectivity index (χ0v) is 13.7. The molecule has 0 atom stereocenters. The van der Waals surface area contributed by atoms with E-state index in [1.165, 1.54) is 12.1 Å². The number of carbonyl (C=O) groups excluding carboxylic acids is 1. The largest absolute Gasteiger partial charge is 0.454 e. The van der Waals surface area contributed by atoms with Crippen molar-refractivity contribution in [1.82, 2.24) is 0 Å². The van der Waals surface area contributed by atoms with Crippen molar-refractivity contribution in [3.05, 3.63) is 63.2 Å². The van der Waals surface area contributed by atoms with E-state index in [-0.39, 0.29) is 29.4 Å². The van der Waals surface area contributed by atoms with Crippen LogP contribution in [-0.2, 0) is 4.79 Å². The van der Waals surface area contributed by atoms with Crippen LogP contribution in [0.25, 0.3) is 6.08 Å². The van der Waals surface area contributed by atoms with Crippen LogP contribution in [0.15, 0.2) is 42.0 Å². The number of carbonyl (C=O) groups is 1. The number of nitro benzene ring substituents is 1. The van der Waals surface area contributed by atoms with Gasteiger partial charge in [0.1, 0.15) is 11.6 Å². The lowest BCUT2D eigenvalue weighted by molar-refractivity contribution is -0.385. The van der Waals surface area contributed by atoms with Crippen LogP contribution in [-0.4, -0.2) is 17.6 Å². The smallest absolute Gasteiger partial charge is 0.280 e. The molecule has 0 saturated carbocycles. The molecule has 0 fully saturated rings. The first kappa shape index (κ1) is 17.0. The topological polar surface area (TPSA) is 114 Å². The Morgan fingerprint density at radius 2 is 2.00 bits per heavy atom. The molecule has 2 aromatic carbocycles. The molecule has 8 nitrogen and oxygen atoms in total. The molecule has 130 valence electrons. The second kappa shape index (κ2) is 6.94. The van der Waals surface area contributed by atoms with Crippen molar-refractivity contribution in [2.24, 2.45) is 0 Å². The summed E-state index contributed by atoms with van der Waals surface area (Å²) in [4.78, 5) is 23.1. The normalized spacial score (nSPS) is 12.4. The summed E-state index contributed by atoms with van der Waals surface area (Å²) >= 11 is 0. The maximum Gasteiger partial charge on any atom is 0.280 e. The van der Waals surface area contributed by atoms with Gasteiger partial charge in [-0.2, -0.15) is 5.26 Å². The van der Waals surface area contributed by atoms with Gasteiger partial charge in [0.05, 0.1) is 16.6 Å². The van der Waals surface area contributed by atoms with Gasteiger partial charge in [0.15, 0.2) is 11.5 Å². The molecule has 1 amide bonds. The van der Waals surface area contributed by atoms with Crippen molar-refractivity contribution >= 4 is 23.4 Å². The number of hydrogen-bond donors (Lipinski definition) is 1. The highest BCUT2D eigenvalue weighted by molar-refractivity contribution is 6.10. The first-order valence-electron chi connectivity index (χ1n) is 7.56. The predicted octanol–water partition coefficient (Wildman–Crippen LogP) is 3.18. The van der Waals surface area contributed by atoms with Gasteiger partial charge in [-0.05, 0) is 30.7 Å². The SMILES string of the molecule is Cc1ccccc1NC(=O)C(C#N)=Cc1cc2c(cc1[N+](=O)[O-])OCO2. The van der Waals surface area contributed by atoms with Crippen LogP contribution in [0.5, 0.6) is 11.5 Å². The summed E-state index contributed by atoms with van der Waals surface area (Å²) in [6.45, 7) is 1.77. The summed E-state index contributed by atoms with van der Waals surface area (Å²) in [7, 11) is 0. The van der Waals surface area contributed by atoms with Gasteiger partial charge in [-0.25, -0.2) is 0 Å². The molecule has 1 heterocycles. The monoisotopic (exact) mass is 351 g/mol. The molecule has 26 heavy (non-hydrogen) atoms. The molecule has 0 bridgehead atoms. The van der Waals surface area contributed by atoms with Gasteiger partial charge in [-0.15, -0.1) is 0 Å². The number of nitrogens with zero attached hydrogens (tertiary/aromatic N) is 2. The third-order valence-corrected chi connectivity index (χ3v) is 3.78. The number of fused-ring (bicyclic) bond motifs is 1. The van der Waals surface area contributed by atoms with Crippen LogP contribution in [0.2, 0.25) is 0 Å². The highest BCUT2D eigenvalue weighted by Crippen LogP contribution is 2.38. The summed E-state index contributed by atoms with van der Waals surface area (Å²) in [6.07, 6.45) is 1.16. The first-order chi connectivity index (χ1) is 12.5. The Kier molecular flexibility index (Phi) is 4.53. The van der Waals surface area contributed by atoms with Crippen LogP contribution < -0.4 is 14.8 Å². The maximum absolute atomic E-state index is 12.4. The summed E-state index contributed by atoms with van der Waals surface area (Å²) in [5, 5.41) is 23.2. The van der Waals surface area contributed by atoms with Gasteiger partial charge in [0.25, 0.3) is 11.6 Å². The van der Waals surface area contributed by atoms with E-state index < -0.39 is 10.8 Å². The Morgan fingerprint density at radius 3 is 2.65 bits per heavy atom. The van der Waals surface area contributed by atoms with E-state index in [0.29, 0.717) is 11.4 Å². The molecular formula is C18H13N3O5. The Labute approximate surface area is 148 Å². The van der Waals surface area contributed by atoms with E-state index in [1.54, 1.807) is 18.2 Å². The average Bonchev–Trinajstić information content (AvgIpc) is 3.08. The summed E-state index contributed by atoms with van der Waals surface area (Å²) in [6, 6.07) is 11.4. The second-order valence-electron chi connectivity index (χ2n) is 5.46. The van der Waals surface area contributed by atoms with E-state index in [9.17, 15) is 20.2 Å². The summed E-state index contributed by atoms with van der Waals surface area (Å²) < 4.78 is 10.3. The molecule has 0 radical (unpaired) electrons. The molecule has 0 unspecified atom stereocenters. The molecule has 0 aliphatic carbocycles. The number of nitriles is 1. The fourth-order valence-corrected chi connectivity index (χ4v) is 2.43. The molecule has 3 rings (SSSR count). The number of nitro groups is 1. The maximum atomic E-state index is 12.4. The lowest BCUT2D eigenvalue weighted by atomic mass is 10.1. The van der Waals surface area contributed by atoms with Crippen molar-refractivity contribution in [2.45, 2.75) is 6.92 Å². The van der Waals surface area contributed by atoms with E-state index in [2.05, 4.69) is 5.32 Å². The van der Waals surface area contributed by atoms with Crippen molar-refractivity contribution in [3.8, 4) is 17.6 Å². The lowest BCUT2D eigenvalue weighted by Crippen LogP contribution is -2.14. The predicted molar refractivity (Wildman–Crippen MR) is 92.6 cm³/mol. The number of nitrogens with one attached hydrogen (secondary N) is 1. The summed E-state index contributed by atoms with van der Waals surface area (Å²) in [5.74, 6) is -0.0936. The van der Waals surface area contributed by atoms with Crippen LogP contribution in [0.1, 0.15) is 11.1 Å². The number of aryl methyl sites for hydroxylation is 1. The number of amides is 1. The number of hydrogen-bond acceptors (Lipinski definition) is 6. The fraction of sp³-hybridized carbons (Fsp3) is 0.111.